The number of aliphatic hydroxyl groups excluding tert-OH is 3. The first-order valence-corrected chi connectivity index (χ1v) is 34.3. The molecule has 5 nitrogen and oxygen atoms in total. The number of aliphatic hydroxyl groups is 3. The van der Waals surface area contributed by atoms with E-state index < -0.39 is 18.2 Å². The highest BCUT2D eigenvalue weighted by atomic mass is 16.3. The molecule has 4 N–H and O–H groups in total. The van der Waals surface area contributed by atoms with Gasteiger partial charge in [-0.3, -0.25) is 4.79 Å². The zero-order chi connectivity index (χ0) is 52.9. The number of hydrogen-bond acceptors (Lipinski definition) is 4. The van der Waals surface area contributed by atoms with Crippen LogP contribution in [0.5, 0.6) is 0 Å². The van der Waals surface area contributed by atoms with Gasteiger partial charge in [-0.1, -0.05) is 386 Å². The molecule has 0 fully saturated rings. The number of carbonyl (C=O) groups excluding carboxylic acids is 1. The molecule has 0 saturated carbocycles. The van der Waals surface area contributed by atoms with Gasteiger partial charge in [0.15, 0.2) is 0 Å². The molecule has 0 radical (unpaired) electrons. The molecule has 0 heterocycles. The third-order valence-electron chi connectivity index (χ3n) is 16.7. The maximum atomic E-state index is 12.6. The van der Waals surface area contributed by atoms with Crippen LogP contribution in [0.25, 0.3) is 0 Å². The molecule has 0 bridgehead atoms. The summed E-state index contributed by atoms with van der Waals surface area (Å²) in [4.78, 5) is 12.6. The zero-order valence-corrected chi connectivity index (χ0v) is 50.3. The average molecular weight is 1030 g/mol. The predicted octanol–water partition coefficient (Wildman–Crippen LogP) is 22.0. The van der Waals surface area contributed by atoms with Crippen LogP contribution < -0.4 is 5.32 Å². The van der Waals surface area contributed by atoms with Crippen LogP contribution in [0.15, 0.2) is 0 Å². The summed E-state index contributed by atoms with van der Waals surface area (Å²) >= 11 is 0. The first-order valence-electron chi connectivity index (χ1n) is 34.3. The van der Waals surface area contributed by atoms with E-state index >= 15 is 0 Å². The van der Waals surface area contributed by atoms with Gasteiger partial charge in [0.05, 0.1) is 18.8 Å². The molecule has 438 valence electrons. The average Bonchev–Trinajstić information content (AvgIpc) is 3.40. The Morgan fingerprint density at radius 3 is 0.658 bits per heavy atom. The van der Waals surface area contributed by atoms with Crippen LogP contribution >= 0.6 is 0 Å². The van der Waals surface area contributed by atoms with Gasteiger partial charge < -0.3 is 20.6 Å². The van der Waals surface area contributed by atoms with Crippen molar-refractivity contribution in [2.75, 3.05) is 6.61 Å². The lowest BCUT2D eigenvalue weighted by Crippen LogP contribution is -2.50. The SMILES string of the molecule is CCCCCCCCCCCCCCCCCCCCCCCCCCCCCCCCCCCCCC(=O)NC(CO)C(O)C(O)CCCCCCCCCCCCCCCCCCCCCCCCCC. The van der Waals surface area contributed by atoms with Gasteiger partial charge >= 0.3 is 0 Å². The van der Waals surface area contributed by atoms with Crippen molar-refractivity contribution < 1.29 is 20.1 Å². The van der Waals surface area contributed by atoms with Crippen molar-refractivity contribution in [1.82, 2.24) is 5.32 Å². The molecule has 1 amide bonds. The van der Waals surface area contributed by atoms with Crippen molar-refractivity contribution in [3.8, 4) is 0 Å². The molecule has 3 unspecified atom stereocenters. The number of carbonyl (C=O) groups is 1. The van der Waals surface area contributed by atoms with Gasteiger partial charge in [-0.2, -0.15) is 0 Å². The highest BCUT2D eigenvalue weighted by molar-refractivity contribution is 5.76. The molecule has 0 aliphatic rings. The molecule has 0 rings (SSSR count). The van der Waals surface area contributed by atoms with Crippen molar-refractivity contribution in [3.63, 3.8) is 0 Å². The molecular weight excluding hydrogens is 895 g/mol. The quantitative estimate of drug-likeness (QED) is 0.0457. The molecule has 0 spiro atoms. The second-order valence-electron chi connectivity index (χ2n) is 24.1. The van der Waals surface area contributed by atoms with E-state index in [4.69, 9.17) is 0 Å². The second kappa shape index (κ2) is 63.9. The smallest absolute Gasteiger partial charge is 0.220 e. The van der Waals surface area contributed by atoms with Gasteiger partial charge in [0.2, 0.25) is 5.91 Å². The summed E-state index contributed by atoms with van der Waals surface area (Å²) in [6.45, 7) is 4.24. The normalized spacial score (nSPS) is 13.0. The molecule has 0 saturated heterocycles. The molecule has 0 aromatic carbocycles. The fourth-order valence-electron chi connectivity index (χ4n) is 11.5. The van der Waals surface area contributed by atoms with E-state index in [0.29, 0.717) is 12.8 Å². The summed E-state index contributed by atoms with van der Waals surface area (Å²) < 4.78 is 0. The van der Waals surface area contributed by atoms with Gasteiger partial charge in [-0.05, 0) is 12.8 Å². The standard InChI is InChI=1S/C68H137NO4/c1-3-5-7-9-11-13-15-17-19-21-23-25-27-29-30-31-32-33-34-35-36-37-38-39-41-43-45-47-49-51-53-55-57-59-61-63-67(72)69-65(64-70)68(73)66(71)62-60-58-56-54-52-50-48-46-44-42-40-28-26-24-22-20-18-16-14-12-10-8-6-4-2/h65-66,68,70-71,73H,3-64H2,1-2H3,(H,69,72). The summed E-state index contributed by atoms with van der Waals surface area (Å²) in [6.07, 6.45) is 80.3. The molecule has 0 aromatic heterocycles. The van der Waals surface area contributed by atoms with E-state index in [-0.39, 0.29) is 12.5 Å². The minimum atomic E-state index is -1.13. The number of unbranched alkanes of at least 4 members (excludes halogenated alkanes) is 57. The van der Waals surface area contributed by atoms with Crippen LogP contribution in [-0.2, 0) is 4.79 Å². The van der Waals surface area contributed by atoms with E-state index in [1.807, 2.05) is 0 Å². The minimum absolute atomic E-state index is 0.133. The van der Waals surface area contributed by atoms with Crippen molar-refractivity contribution in [2.24, 2.45) is 0 Å². The molecule has 0 aliphatic heterocycles. The lowest BCUT2D eigenvalue weighted by molar-refractivity contribution is -0.124. The van der Waals surface area contributed by atoms with E-state index in [1.54, 1.807) is 0 Å². The van der Waals surface area contributed by atoms with Gasteiger partial charge in [0, 0.05) is 6.42 Å². The Morgan fingerprint density at radius 1 is 0.288 bits per heavy atom. The van der Waals surface area contributed by atoms with Crippen LogP contribution in [-0.4, -0.2) is 46.1 Å². The Labute approximate surface area is 459 Å². The van der Waals surface area contributed by atoms with Crippen LogP contribution in [0.2, 0.25) is 0 Å². The lowest BCUT2D eigenvalue weighted by atomic mass is 9.99. The van der Waals surface area contributed by atoms with Crippen molar-refractivity contribution in [1.29, 1.82) is 0 Å². The first-order chi connectivity index (χ1) is 36.1. The number of nitrogens with one attached hydrogen (secondary N) is 1. The number of hydrogen-bond donors (Lipinski definition) is 4. The maximum absolute atomic E-state index is 12.6. The fourth-order valence-corrected chi connectivity index (χ4v) is 11.5. The van der Waals surface area contributed by atoms with E-state index in [9.17, 15) is 20.1 Å². The first kappa shape index (κ1) is 72.3. The van der Waals surface area contributed by atoms with Crippen LogP contribution in [0.3, 0.4) is 0 Å². The van der Waals surface area contributed by atoms with E-state index in [2.05, 4.69) is 19.2 Å². The van der Waals surface area contributed by atoms with Crippen molar-refractivity contribution in [2.45, 2.75) is 424 Å². The van der Waals surface area contributed by atoms with E-state index in [1.165, 1.54) is 347 Å². The Balaban J connectivity index is 3.42. The molecule has 5 heteroatoms. The Kier molecular flexibility index (Phi) is 63.3. The number of amides is 1. The third kappa shape index (κ3) is 58.9. The Bertz CT molecular complexity index is 1010. The van der Waals surface area contributed by atoms with Crippen molar-refractivity contribution >= 4 is 5.91 Å². The lowest BCUT2D eigenvalue weighted by Gasteiger charge is -2.26. The topological polar surface area (TPSA) is 89.8 Å². The molecular formula is C68H137NO4. The largest absolute Gasteiger partial charge is 0.394 e. The van der Waals surface area contributed by atoms with Gasteiger partial charge in [-0.25, -0.2) is 0 Å². The zero-order valence-electron chi connectivity index (χ0n) is 50.3. The molecule has 0 aliphatic carbocycles. The van der Waals surface area contributed by atoms with Gasteiger partial charge in [0.25, 0.3) is 0 Å². The summed E-state index contributed by atoms with van der Waals surface area (Å²) in [6, 6.07) is -0.806. The second-order valence-corrected chi connectivity index (χ2v) is 24.1. The molecule has 0 aromatic rings. The number of rotatable bonds is 65. The van der Waals surface area contributed by atoms with E-state index in [0.717, 1.165) is 32.1 Å². The summed E-state index contributed by atoms with van der Waals surface area (Å²) in [5.41, 5.74) is 0. The van der Waals surface area contributed by atoms with Gasteiger partial charge in [-0.15, -0.1) is 0 Å². The molecule has 3 atom stereocenters. The monoisotopic (exact) mass is 1030 g/mol. The predicted molar refractivity (Wildman–Crippen MR) is 324 cm³/mol. The summed E-state index contributed by atoms with van der Waals surface area (Å²) in [7, 11) is 0. The molecule has 73 heavy (non-hydrogen) atoms. The maximum Gasteiger partial charge on any atom is 0.220 e. The van der Waals surface area contributed by atoms with Crippen LogP contribution in [0.1, 0.15) is 406 Å². The Hall–Kier alpha value is -0.650. The van der Waals surface area contributed by atoms with Gasteiger partial charge in [0.1, 0.15) is 6.10 Å². The fraction of sp³-hybridized carbons (Fsp3) is 0.985. The summed E-state index contributed by atoms with van der Waals surface area (Å²) in [5, 5.41) is 33.9. The minimum Gasteiger partial charge on any atom is -0.394 e. The van der Waals surface area contributed by atoms with Crippen LogP contribution in [0, 0.1) is 0 Å². The highest BCUT2D eigenvalue weighted by Gasteiger charge is 2.26. The highest BCUT2D eigenvalue weighted by Crippen LogP contribution is 2.20. The third-order valence-corrected chi connectivity index (χ3v) is 16.7. The van der Waals surface area contributed by atoms with Crippen LogP contribution in [0.4, 0.5) is 0 Å². The summed E-state index contributed by atoms with van der Waals surface area (Å²) in [5.74, 6) is -0.133. The van der Waals surface area contributed by atoms with Crippen molar-refractivity contribution in [3.05, 3.63) is 0 Å². The Morgan fingerprint density at radius 2 is 0.466 bits per heavy atom.